The summed E-state index contributed by atoms with van der Waals surface area (Å²) in [6.07, 6.45) is 4.89. The Hall–Kier alpha value is -2.95. The molecule has 1 aromatic rings. The molecule has 5 unspecified atom stereocenters. The van der Waals surface area contributed by atoms with Crippen LogP contribution in [0.25, 0.3) is 0 Å². The minimum Gasteiger partial charge on any atom is -0.480 e. The van der Waals surface area contributed by atoms with Crippen LogP contribution < -0.4 is 16.4 Å². The maximum Gasteiger partial charge on any atom is 0.326 e. The average Bonchev–Trinajstić information content (AvgIpc) is 3.42. The van der Waals surface area contributed by atoms with Gasteiger partial charge < -0.3 is 31.4 Å². The molecule has 2 heterocycles. The van der Waals surface area contributed by atoms with Gasteiger partial charge in [-0.3, -0.25) is 14.4 Å². The summed E-state index contributed by atoms with van der Waals surface area (Å²) in [6, 6.07) is -3.55. The SMILES string of the molecule is CCC(C)C(NC(=O)C(C)NC(=O)C(N)Cc1cnc[nH]1)C(=O)N1CCCC1C(=O)O. The molecule has 0 spiro atoms. The molecular weight excluding hydrogens is 404 g/mol. The third-order valence-corrected chi connectivity index (χ3v) is 5.68. The van der Waals surface area contributed by atoms with Crippen molar-refractivity contribution in [3.8, 4) is 0 Å². The van der Waals surface area contributed by atoms with E-state index in [2.05, 4.69) is 20.6 Å². The molecule has 2 rings (SSSR count). The van der Waals surface area contributed by atoms with Gasteiger partial charge in [0.1, 0.15) is 18.1 Å². The maximum atomic E-state index is 13.1. The first-order valence-electron chi connectivity index (χ1n) is 10.5. The molecule has 0 aromatic carbocycles. The van der Waals surface area contributed by atoms with Crippen LogP contribution in [0.15, 0.2) is 12.5 Å². The van der Waals surface area contributed by atoms with Crippen molar-refractivity contribution < 1.29 is 24.3 Å². The summed E-state index contributed by atoms with van der Waals surface area (Å²) in [6.45, 7) is 5.55. The Kier molecular flexibility index (Phi) is 8.55. The van der Waals surface area contributed by atoms with Crippen molar-refractivity contribution in [2.24, 2.45) is 11.7 Å². The fraction of sp³-hybridized carbons (Fsp3) is 0.650. The average molecular weight is 437 g/mol. The number of hydrogen-bond donors (Lipinski definition) is 5. The lowest BCUT2D eigenvalue weighted by molar-refractivity contribution is -0.150. The van der Waals surface area contributed by atoms with Gasteiger partial charge in [0, 0.05) is 24.9 Å². The fourth-order valence-corrected chi connectivity index (χ4v) is 3.54. The second-order valence-corrected chi connectivity index (χ2v) is 8.02. The van der Waals surface area contributed by atoms with Gasteiger partial charge in [0.25, 0.3) is 0 Å². The van der Waals surface area contributed by atoms with Crippen molar-refractivity contribution in [2.75, 3.05) is 6.54 Å². The molecule has 5 atom stereocenters. The Morgan fingerprint density at radius 2 is 2.00 bits per heavy atom. The Morgan fingerprint density at radius 1 is 1.29 bits per heavy atom. The van der Waals surface area contributed by atoms with Gasteiger partial charge in [0.05, 0.1) is 12.4 Å². The number of aromatic nitrogens is 2. The van der Waals surface area contributed by atoms with Crippen LogP contribution in [-0.2, 0) is 25.6 Å². The Balaban J connectivity index is 2.00. The lowest BCUT2D eigenvalue weighted by atomic mass is 9.97. The third-order valence-electron chi connectivity index (χ3n) is 5.68. The summed E-state index contributed by atoms with van der Waals surface area (Å²) in [5.41, 5.74) is 6.59. The van der Waals surface area contributed by atoms with Crippen LogP contribution in [0.4, 0.5) is 0 Å². The number of aromatic amines is 1. The zero-order valence-corrected chi connectivity index (χ0v) is 18.1. The molecule has 0 saturated carbocycles. The second kappa shape index (κ2) is 10.9. The number of carbonyl (C=O) groups excluding carboxylic acids is 3. The van der Waals surface area contributed by atoms with Crippen molar-refractivity contribution in [1.82, 2.24) is 25.5 Å². The number of amides is 3. The van der Waals surface area contributed by atoms with Crippen LogP contribution in [0.5, 0.6) is 0 Å². The molecule has 1 fully saturated rings. The Morgan fingerprint density at radius 3 is 2.58 bits per heavy atom. The first kappa shape index (κ1) is 24.3. The van der Waals surface area contributed by atoms with E-state index in [9.17, 15) is 24.3 Å². The summed E-state index contributed by atoms with van der Waals surface area (Å²) in [7, 11) is 0. The van der Waals surface area contributed by atoms with Crippen LogP contribution in [-0.4, -0.2) is 74.4 Å². The zero-order chi connectivity index (χ0) is 23.1. The van der Waals surface area contributed by atoms with Gasteiger partial charge >= 0.3 is 5.97 Å². The van der Waals surface area contributed by atoms with E-state index in [0.29, 0.717) is 31.5 Å². The highest BCUT2D eigenvalue weighted by Gasteiger charge is 2.39. The summed E-state index contributed by atoms with van der Waals surface area (Å²) in [4.78, 5) is 57.6. The highest BCUT2D eigenvalue weighted by atomic mass is 16.4. The molecule has 0 radical (unpaired) electrons. The predicted molar refractivity (Wildman–Crippen MR) is 112 cm³/mol. The number of nitrogens with zero attached hydrogens (tertiary/aromatic N) is 2. The minimum absolute atomic E-state index is 0.211. The molecular formula is C20H32N6O5. The van der Waals surface area contributed by atoms with E-state index in [1.807, 2.05) is 13.8 Å². The van der Waals surface area contributed by atoms with E-state index in [1.165, 1.54) is 18.2 Å². The molecule has 1 saturated heterocycles. The Bertz CT molecular complexity index is 783. The van der Waals surface area contributed by atoms with E-state index >= 15 is 0 Å². The van der Waals surface area contributed by atoms with Gasteiger partial charge in [0.2, 0.25) is 17.7 Å². The number of nitrogens with two attached hydrogens (primary N) is 1. The van der Waals surface area contributed by atoms with Gasteiger partial charge in [0.15, 0.2) is 0 Å². The summed E-state index contributed by atoms with van der Waals surface area (Å²) in [5, 5.41) is 14.6. The summed E-state index contributed by atoms with van der Waals surface area (Å²) >= 11 is 0. The van der Waals surface area contributed by atoms with E-state index in [1.54, 1.807) is 6.20 Å². The van der Waals surface area contributed by atoms with Gasteiger partial charge in [-0.15, -0.1) is 0 Å². The molecule has 0 aliphatic carbocycles. The number of likely N-dealkylation sites (tertiary alicyclic amines) is 1. The monoisotopic (exact) mass is 436 g/mol. The van der Waals surface area contributed by atoms with E-state index in [4.69, 9.17) is 5.73 Å². The number of carbonyl (C=O) groups is 4. The number of carboxylic acid groups (broad SMARTS) is 1. The van der Waals surface area contributed by atoms with Gasteiger partial charge in [-0.1, -0.05) is 20.3 Å². The van der Waals surface area contributed by atoms with Crippen molar-refractivity contribution in [3.05, 3.63) is 18.2 Å². The molecule has 31 heavy (non-hydrogen) atoms. The van der Waals surface area contributed by atoms with Crippen LogP contribution in [0, 0.1) is 5.92 Å². The molecule has 172 valence electrons. The lowest BCUT2D eigenvalue weighted by Gasteiger charge is -2.31. The van der Waals surface area contributed by atoms with Crippen molar-refractivity contribution in [1.29, 1.82) is 0 Å². The number of nitrogens with one attached hydrogen (secondary N) is 3. The number of imidazole rings is 1. The molecule has 0 bridgehead atoms. The lowest BCUT2D eigenvalue weighted by Crippen LogP contribution is -2.58. The standard InChI is InChI=1S/C20H32N6O5/c1-4-11(2)16(19(29)26-7-5-6-15(26)20(30)31)25-17(27)12(3)24-18(28)14(21)8-13-9-22-10-23-13/h9-12,14-16H,4-8,21H2,1-3H3,(H,22,23)(H,24,28)(H,25,27)(H,30,31). The van der Waals surface area contributed by atoms with Crippen LogP contribution in [0.2, 0.25) is 0 Å². The maximum absolute atomic E-state index is 13.1. The topological polar surface area (TPSA) is 171 Å². The van der Waals surface area contributed by atoms with Crippen LogP contribution >= 0.6 is 0 Å². The molecule has 3 amide bonds. The highest BCUT2D eigenvalue weighted by molar-refractivity contribution is 5.94. The number of aliphatic carboxylic acids is 1. The first-order chi connectivity index (χ1) is 14.6. The highest BCUT2D eigenvalue weighted by Crippen LogP contribution is 2.21. The fourth-order valence-electron chi connectivity index (χ4n) is 3.54. The summed E-state index contributed by atoms with van der Waals surface area (Å²) in [5.74, 6) is -2.72. The Labute approximate surface area is 181 Å². The molecule has 11 heteroatoms. The number of hydrogen-bond acceptors (Lipinski definition) is 6. The van der Waals surface area contributed by atoms with Crippen molar-refractivity contribution >= 4 is 23.7 Å². The third kappa shape index (κ3) is 6.27. The molecule has 1 aliphatic rings. The molecule has 1 aliphatic heterocycles. The largest absolute Gasteiger partial charge is 0.480 e. The van der Waals surface area contributed by atoms with Crippen molar-refractivity contribution in [2.45, 2.75) is 70.6 Å². The first-order valence-corrected chi connectivity index (χ1v) is 10.5. The number of rotatable bonds is 10. The quantitative estimate of drug-likeness (QED) is 0.326. The van der Waals surface area contributed by atoms with Crippen LogP contribution in [0.3, 0.4) is 0 Å². The molecule has 1 aromatic heterocycles. The summed E-state index contributed by atoms with van der Waals surface area (Å²) < 4.78 is 0. The number of carboxylic acids is 1. The van der Waals surface area contributed by atoms with E-state index in [0.717, 1.165) is 0 Å². The van der Waals surface area contributed by atoms with Gasteiger partial charge in [-0.25, -0.2) is 9.78 Å². The number of H-pyrrole nitrogens is 1. The van der Waals surface area contributed by atoms with Gasteiger partial charge in [-0.05, 0) is 25.7 Å². The van der Waals surface area contributed by atoms with Gasteiger partial charge in [-0.2, -0.15) is 0 Å². The minimum atomic E-state index is -1.05. The zero-order valence-electron chi connectivity index (χ0n) is 18.1. The predicted octanol–water partition coefficient (Wildman–Crippen LogP) is -0.609. The smallest absolute Gasteiger partial charge is 0.326 e. The molecule has 11 nitrogen and oxygen atoms in total. The van der Waals surface area contributed by atoms with Crippen LogP contribution in [0.1, 0.15) is 45.7 Å². The van der Waals surface area contributed by atoms with E-state index in [-0.39, 0.29) is 12.3 Å². The van der Waals surface area contributed by atoms with E-state index < -0.39 is 47.9 Å². The molecule has 6 N–H and O–H groups in total. The normalized spacial score (nSPS) is 19.9. The second-order valence-electron chi connectivity index (χ2n) is 8.02. The van der Waals surface area contributed by atoms with Crippen molar-refractivity contribution in [3.63, 3.8) is 0 Å².